The molecule has 0 atom stereocenters. The topological polar surface area (TPSA) is 45.8 Å². The second-order valence-electron chi connectivity index (χ2n) is 3.59. The van der Waals surface area contributed by atoms with Crippen LogP contribution in [0, 0.1) is 20.8 Å². The van der Waals surface area contributed by atoms with Crippen LogP contribution in [-0.4, -0.2) is 9.97 Å². The molecular formula is C11H12N2O. The van der Waals surface area contributed by atoms with Gasteiger partial charge in [0.05, 0.1) is 11.2 Å². The number of fused-ring (bicyclic) bond motifs is 1. The van der Waals surface area contributed by atoms with E-state index in [-0.39, 0.29) is 5.43 Å². The van der Waals surface area contributed by atoms with E-state index >= 15 is 0 Å². The van der Waals surface area contributed by atoms with Gasteiger partial charge in [-0.15, -0.1) is 0 Å². The first kappa shape index (κ1) is 8.94. The van der Waals surface area contributed by atoms with Crippen LogP contribution in [0.15, 0.2) is 16.9 Å². The van der Waals surface area contributed by atoms with Crippen molar-refractivity contribution in [1.82, 2.24) is 9.97 Å². The second-order valence-corrected chi connectivity index (χ2v) is 3.59. The van der Waals surface area contributed by atoms with Crippen molar-refractivity contribution >= 4 is 10.9 Å². The molecule has 1 N–H and O–H groups in total. The summed E-state index contributed by atoms with van der Waals surface area (Å²) in [6.45, 7) is 5.68. The van der Waals surface area contributed by atoms with Gasteiger partial charge in [-0.25, -0.2) is 0 Å². The maximum absolute atomic E-state index is 11.7. The van der Waals surface area contributed by atoms with E-state index in [1.165, 1.54) is 0 Å². The van der Waals surface area contributed by atoms with Gasteiger partial charge in [-0.2, -0.15) is 0 Å². The highest BCUT2D eigenvalue weighted by Crippen LogP contribution is 2.12. The van der Waals surface area contributed by atoms with Crippen LogP contribution in [0.3, 0.4) is 0 Å². The average molecular weight is 188 g/mol. The number of hydrogen-bond acceptors (Lipinski definition) is 2. The lowest BCUT2D eigenvalue weighted by Gasteiger charge is -2.04. The average Bonchev–Trinajstić information content (AvgIpc) is 2.07. The molecule has 0 fully saturated rings. The molecule has 0 saturated carbocycles. The van der Waals surface area contributed by atoms with Gasteiger partial charge in [-0.3, -0.25) is 9.78 Å². The minimum absolute atomic E-state index is 0.0600. The molecule has 0 spiro atoms. The highest BCUT2D eigenvalue weighted by atomic mass is 16.1. The van der Waals surface area contributed by atoms with Gasteiger partial charge in [-0.05, 0) is 26.8 Å². The summed E-state index contributed by atoms with van der Waals surface area (Å²) >= 11 is 0. The van der Waals surface area contributed by atoms with E-state index in [1.807, 2.05) is 26.8 Å². The molecule has 2 aromatic heterocycles. The quantitative estimate of drug-likeness (QED) is 0.685. The zero-order valence-corrected chi connectivity index (χ0v) is 8.51. The summed E-state index contributed by atoms with van der Waals surface area (Å²) in [6.07, 6.45) is 0. The molecule has 0 saturated heterocycles. The summed E-state index contributed by atoms with van der Waals surface area (Å²) < 4.78 is 0. The van der Waals surface area contributed by atoms with Crippen LogP contribution in [-0.2, 0) is 0 Å². The Balaban J connectivity index is 3.02. The molecule has 2 rings (SSSR count). The minimum atomic E-state index is 0.0600. The van der Waals surface area contributed by atoms with E-state index in [4.69, 9.17) is 0 Å². The predicted molar refractivity (Wildman–Crippen MR) is 56.6 cm³/mol. The Morgan fingerprint density at radius 1 is 1.21 bits per heavy atom. The van der Waals surface area contributed by atoms with E-state index in [2.05, 4.69) is 9.97 Å². The maximum atomic E-state index is 11.7. The van der Waals surface area contributed by atoms with E-state index in [9.17, 15) is 4.79 Å². The normalized spacial score (nSPS) is 10.8. The Labute approximate surface area is 81.8 Å². The molecule has 14 heavy (non-hydrogen) atoms. The lowest BCUT2D eigenvalue weighted by molar-refractivity contribution is 1.12. The number of aromatic amines is 1. The highest BCUT2D eigenvalue weighted by molar-refractivity contribution is 5.80. The molecule has 0 radical (unpaired) electrons. The third kappa shape index (κ3) is 1.31. The second kappa shape index (κ2) is 2.94. The van der Waals surface area contributed by atoms with Crippen molar-refractivity contribution in [2.24, 2.45) is 0 Å². The van der Waals surface area contributed by atoms with Crippen molar-refractivity contribution < 1.29 is 0 Å². The van der Waals surface area contributed by atoms with Gasteiger partial charge in [0.2, 0.25) is 0 Å². The number of hydrogen-bond donors (Lipinski definition) is 1. The lowest BCUT2D eigenvalue weighted by Crippen LogP contribution is -2.05. The molecule has 0 aliphatic rings. The molecule has 3 nitrogen and oxygen atoms in total. The van der Waals surface area contributed by atoms with Gasteiger partial charge in [0, 0.05) is 22.8 Å². The Bertz CT molecular complexity index is 555. The Morgan fingerprint density at radius 3 is 2.64 bits per heavy atom. The molecule has 3 heteroatoms. The third-order valence-corrected chi connectivity index (χ3v) is 2.26. The Morgan fingerprint density at radius 2 is 1.93 bits per heavy atom. The molecule has 0 amide bonds. The fraction of sp³-hybridized carbons (Fsp3) is 0.273. The standard InChI is InChI=1S/C11H12N2O/c1-6-4-9-10(14)5-7(2)13-11(9)8(3)12-6/h4-5H,1-3H3,(H,13,14). The van der Waals surface area contributed by atoms with Crippen LogP contribution in [0.1, 0.15) is 17.1 Å². The van der Waals surface area contributed by atoms with Crippen molar-refractivity contribution in [2.75, 3.05) is 0 Å². The summed E-state index contributed by atoms with van der Waals surface area (Å²) in [5, 5.41) is 0.723. The molecule has 72 valence electrons. The predicted octanol–water partition coefficient (Wildman–Crippen LogP) is 1.85. The third-order valence-electron chi connectivity index (χ3n) is 2.26. The zero-order valence-electron chi connectivity index (χ0n) is 8.51. The van der Waals surface area contributed by atoms with Crippen molar-refractivity contribution in [3.05, 3.63) is 39.4 Å². The first-order valence-corrected chi connectivity index (χ1v) is 4.56. The smallest absolute Gasteiger partial charge is 0.189 e. The monoisotopic (exact) mass is 188 g/mol. The summed E-state index contributed by atoms with van der Waals surface area (Å²) in [7, 11) is 0. The first-order chi connectivity index (χ1) is 6.58. The molecule has 0 aromatic carbocycles. The molecule has 0 aliphatic heterocycles. The van der Waals surface area contributed by atoms with Crippen LogP contribution in [0.2, 0.25) is 0 Å². The molecule has 0 aliphatic carbocycles. The number of pyridine rings is 2. The Hall–Kier alpha value is -1.64. The van der Waals surface area contributed by atoms with Gasteiger partial charge < -0.3 is 4.98 Å². The van der Waals surface area contributed by atoms with Crippen LogP contribution in [0.5, 0.6) is 0 Å². The lowest BCUT2D eigenvalue weighted by atomic mass is 10.1. The van der Waals surface area contributed by atoms with E-state index in [1.54, 1.807) is 6.07 Å². The zero-order chi connectivity index (χ0) is 10.3. The summed E-state index contributed by atoms with van der Waals surface area (Å²) in [5.41, 5.74) is 3.53. The number of nitrogens with zero attached hydrogens (tertiary/aromatic N) is 1. The van der Waals surface area contributed by atoms with Gasteiger partial charge in [0.25, 0.3) is 0 Å². The van der Waals surface area contributed by atoms with Crippen molar-refractivity contribution in [3.63, 3.8) is 0 Å². The summed E-state index contributed by atoms with van der Waals surface area (Å²) in [4.78, 5) is 19.1. The largest absolute Gasteiger partial charge is 0.357 e. The molecule has 0 unspecified atom stereocenters. The number of rotatable bonds is 0. The van der Waals surface area contributed by atoms with Gasteiger partial charge in [-0.1, -0.05) is 0 Å². The first-order valence-electron chi connectivity index (χ1n) is 4.56. The van der Waals surface area contributed by atoms with Gasteiger partial charge in [0.1, 0.15) is 0 Å². The van der Waals surface area contributed by atoms with Gasteiger partial charge in [0.15, 0.2) is 5.43 Å². The fourth-order valence-corrected chi connectivity index (χ4v) is 1.69. The van der Waals surface area contributed by atoms with Crippen LogP contribution >= 0.6 is 0 Å². The summed E-state index contributed by atoms with van der Waals surface area (Å²) in [5.74, 6) is 0. The number of H-pyrrole nitrogens is 1. The van der Waals surface area contributed by atoms with Gasteiger partial charge >= 0.3 is 0 Å². The van der Waals surface area contributed by atoms with Crippen molar-refractivity contribution in [2.45, 2.75) is 20.8 Å². The number of aromatic nitrogens is 2. The number of aryl methyl sites for hydroxylation is 3. The fourth-order valence-electron chi connectivity index (χ4n) is 1.69. The van der Waals surface area contributed by atoms with Crippen LogP contribution in [0.4, 0.5) is 0 Å². The maximum Gasteiger partial charge on any atom is 0.189 e. The molecule has 2 aromatic rings. The van der Waals surface area contributed by atoms with Crippen molar-refractivity contribution in [1.29, 1.82) is 0 Å². The summed E-state index contributed by atoms with van der Waals surface area (Å²) in [6, 6.07) is 3.43. The SMILES string of the molecule is Cc1cc2c(=O)cc(C)[nH]c2c(C)n1. The van der Waals surface area contributed by atoms with Crippen molar-refractivity contribution in [3.8, 4) is 0 Å². The van der Waals surface area contributed by atoms with E-state index in [0.29, 0.717) is 0 Å². The molecular weight excluding hydrogens is 176 g/mol. The van der Waals surface area contributed by atoms with E-state index in [0.717, 1.165) is 28.0 Å². The van der Waals surface area contributed by atoms with Crippen LogP contribution < -0.4 is 5.43 Å². The van der Waals surface area contributed by atoms with Crippen LogP contribution in [0.25, 0.3) is 10.9 Å². The molecule has 0 bridgehead atoms. The van der Waals surface area contributed by atoms with E-state index < -0.39 is 0 Å². The highest BCUT2D eigenvalue weighted by Gasteiger charge is 2.04. The molecule has 2 heterocycles. The Kier molecular flexibility index (Phi) is 1.88. The minimum Gasteiger partial charge on any atom is -0.357 e. The number of nitrogens with one attached hydrogen (secondary N) is 1.